The molecule has 3 aromatic rings. The largest absolute Gasteiger partial charge is 0.354 e. The van der Waals surface area contributed by atoms with Crippen LogP contribution in [0.25, 0.3) is 11.3 Å². The Morgan fingerprint density at radius 2 is 1.77 bits per heavy atom. The molecule has 0 spiro atoms. The summed E-state index contributed by atoms with van der Waals surface area (Å²) in [4.78, 5) is 30.2. The lowest BCUT2D eigenvalue weighted by atomic mass is 9.97. The minimum absolute atomic E-state index is 0.0361. The molecule has 2 amide bonds. The third kappa shape index (κ3) is 5.22. The number of hydrogen-bond acceptors (Lipinski definition) is 6. The molecule has 1 aromatic carbocycles. The number of nitrogens with one attached hydrogen (secondary N) is 2. The van der Waals surface area contributed by atoms with Crippen LogP contribution in [0.1, 0.15) is 19.8 Å². The highest BCUT2D eigenvalue weighted by atomic mass is 16.2. The molecule has 158 valence electrons. The predicted molar refractivity (Wildman–Crippen MR) is 120 cm³/mol. The maximum atomic E-state index is 12.8. The van der Waals surface area contributed by atoms with Gasteiger partial charge in [-0.2, -0.15) is 0 Å². The zero-order valence-corrected chi connectivity index (χ0v) is 17.3. The van der Waals surface area contributed by atoms with Crippen LogP contribution in [0, 0.1) is 5.92 Å². The minimum atomic E-state index is -0.153. The van der Waals surface area contributed by atoms with Crippen molar-refractivity contribution in [1.82, 2.24) is 15.2 Å². The standard InChI is InChI=1S/C23H24N6O2/c1-16(30)25-19-5-2-6-20(14-19)26-23(31)18-4-3-13-29(15-18)22-8-7-21(27-28-22)17-9-11-24-12-10-17/h2,5-12,14,18H,3-4,13,15H2,1H3,(H,25,30)(H,26,31). The van der Waals surface area contributed by atoms with Crippen molar-refractivity contribution in [3.8, 4) is 11.3 Å². The molecule has 1 aliphatic heterocycles. The number of piperidine rings is 1. The number of amides is 2. The first kappa shape index (κ1) is 20.5. The normalized spacial score (nSPS) is 15.9. The highest BCUT2D eigenvalue weighted by Gasteiger charge is 2.27. The van der Waals surface area contributed by atoms with Crippen molar-refractivity contribution in [2.45, 2.75) is 19.8 Å². The fourth-order valence-corrected chi connectivity index (χ4v) is 3.69. The third-order valence-electron chi connectivity index (χ3n) is 5.19. The molecule has 1 fully saturated rings. The van der Waals surface area contributed by atoms with Gasteiger partial charge in [0.05, 0.1) is 11.6 Å². The molecule has 1 unspecified atom stereocenters. The van der Waals surface area contributed by atoms with E-state index in [-0.39, 0.29) is 17.7 Å². The first-order valence-corrected chi connectivity index (χ1v) is 10.3. The Morgan fingerprint density at radius 1 is 1.00 bits per heavy atom. The number of carbonyl (C=O) groups is 2. The summed E-state index contributed by atoms with van der Waals surface area (Å²) in [5, 5.41) is 14.4. The molecule has 2 aromatic heterocycles. The molecule has 4 rings (SSSR count). The SMILES string of the molecule is CC(=O)Nc1cccc(NC(=O)C2CCCN(c3ccc(-c4ccncc4)nn3)C2)c1. The molecule has 0 bridgehead atoms. The molecule has 1 saturated heterocycles. The van der Waals surface area contributed by atoms with E-state index in [4.69, 9.17) is 0 Å². The van der Waals surface area contributed by atoms with Gasteiger partial charge in [-0.05, 0) is 55.3 Å². The van der Waals surface area contributed by atoms with E-state index in [1.54, 1.807) is 30.6 Å². The first-order chi connectivity index (χ1) is 15.1. The number of nitrogens with zero attached hydrogens (tertiary/aromatic N) is 4. The van der Waals surface area contributed by atoms with Crippen molar-refractivity contribution in [2.75, 3.05) is 28.6 Å². The van der Waals surface area contributed by atoms with E-state index < -0.39 is 0 Å². The van der Waals surface area contributed by atoms with Crippen LogP contribution in [0.4, 0.5) is 17.2 Å². The van der Waals surface area contributed by atoms with Crippen molar-refractivity contribution in [1.29, 1.82) is 0 Å². The number of hydrogen-bond donors (Lipinski definition) is 2. The van der Waals surface area contributed by atoms with E-state index in [1.165, 1.54) is 6.92 Å². The van der Waals surface area contributed by atoms with Gasteiger partial charge in [-0.25, -0.2) is 0 Å². The topological polar surface area (TPSA) is 100 Å². The Labute approximate surface area is 180 Å². The van der Waals surface area contributed by atoms with Gasteiger partial charge >= 0.3 is 0 Å². The van der Waals surface area contributed by atoms with Crippen LogP contribution in [-0.4, -0.2) is 40.1 Å². The van der Waals surface area contributed by atoms with E-state index in [2.05, 4.69) is 30.7 Å². The Hall–Kier alpha value is -3.81. The zero-order chi connectivity index (χ0) is 21.6. The summed E-state index contributed by atoms with van der Waals surface area (Å²) in [5.41, 5.74) is 3.07. The van der Waals surface area contributed by atoms with Gasteiger partial charge in [0.2, 0.25) is 11.8 Å². The van der Waals surface area contributed by atoms with Crippen molar-refractivity contribution in [3.05, 3.63) is 60.9 Å². The fraction of sp³-hybridized carbons (Fsp3) is 0.261. The van der Waals surface area contributed by atoms with Crippen molar-refractivity contribution in [3.63, 3.8) is 0 Å². The number of pyridine rings is 1. The Morgan fingerprint density at radius 3 is 2.48 bits per heavy atom. The van der Waals surface area contributed by atoms with E-state index in [0.717, 1.165) is 36.5 Å². The summed E-state index contributed by atoms with van der Waals surface area (Å²) in [5.74, 6) is 0.427. The average Bonchev–Trinajstić information content (AvgIpc) is 2.80. The van der Waals surface area contributed by atoms with Crippen LogP contribution in [-0.2, 0) is 9.59 Å². The number of carbonyl (C=O) groups excluding carboxylic acids is 2. The molecule has 1 aliphatic rings. The molecule has 0 radical (unpaired) electrons. The molecule has 8 heteroatoms. The van der Waals surface area contributed by atoms with Gasteiger partial charge in [0.25, 0.3) is 0 Å². The summed E-state index contributed by atoms with van der Waals surface area (Å²) in [6.45, 7) is 2.87. The Balaban J connectivity index is 1.40. The summed E-state index contributed by atoms with van der Waals surface area (Å²) < 4.78 is 0. The maximum absolute atomic E-state index is 12.8. The van der Waals surface area contributed by atoms with Gasteiger partial charge in [-0.15, -0.1) is 10.2 Å². The first-order valence-electron chi connectivity index (χ1n) is 10.3. The monoisotopic (exact) mass is 416 g/mol. The second kappa shape index (κ2) is 9.34. The van der Waals surface area contributed by atoms with Gasteiger partial charge in [-0.3, -0.25) is 14.6 Å². The van der Waals surface area contributed by atoms with E-state index in [0.29, 0.717) is 17.9 Å². The number of rotatable bonds is 5. The molecule has 8 nitrogen and oxygen atoms in total. The predicted octanol–water partition coefficient (Wildman–Crippen LogP) is 3.35. The van der Waals surface area contributed by atoms with E-state index in [9.17, 15) is 9.59 Å². The van der Waals surface area contributed by atoms with Crippen LogP contribution in [0.15, 0.2) is 60.9 Å². The lowest BCUT2D eigenvalue weighted by molar-refractivity contribution is -0.120. The lowest BCUT2D eigenvalue weighted by Gasteiger charge is -2.32. The third-order valence-corrected chi connectivity index (χ3v) is 5.19. The maximum Gasteiger partial charge on any atom is 0.229 e. The van der Waals surface area contributed by atoms with Crippen LogP contribution in [0.3, 0.4) is 0 Å². The molecule has 31 heavy (non-hydrogen) atoms. The number of anilines is 3. The summed E-state index contributed by atoms with van der Waals surface area (Å²) in [7, 11) is 0. The van der Waals surface area contributed by atoms with Crippen LogP contribution >= 0.6 is 0 Å². The van der Waals surface area contributed by atoms with Crippen LogP contribution < -0.4 is 15.5 Å². The second-order valence-corrected chi connectivity index (χ2v) is 7.55. The van der Waals surface area contributed by atoms with Crippen molar-refractivity contribution >= 4 is 29.0 Å². The Kier molecular flexibility index (Phi) is 6.16. The highest BCUT2D eigenvalue weighted by molar-refractivity contribution is 5.94. The van der Waals surface area contributed by atoms with Crippen molar-refractivity contribution in [2.24, 2.45) is 5.92 Å². The summed E-state index contributed by atoms with van der Waals surface area (Å²) in [6, 6.07) is 14.8. The van der Waals surface area contributed by atoms with Crippen molar-refractivity contribution < 1.29 is 9.59 Å². The second-order valence-electron chi connectivity index (χ2n) is 7.55. The molecule has 1 atom stereocenters. The molecule has 2 N–H and O–H groups in total. The van der Waals surface area contributed by atoms with Gasteiger partial charge in [0, 0.05) is 49.3 Å². The van der Waals surface area contributed by atoms with Gasteiger partial charge in [-0.1, -0.05) is 6.07 Å². The highest BCUT2D eigenvalue weighted by Crippen LogP contribution is 2.24. The van der Waals surface area contributed by atoms with E-state index >= 15 is 0 Å². The van der Waals surface area contributed by atoms with Gasteiger partial charge in [0.15, 0.2) is 5.82 Å². The number of aromatic nitrogens is 3. The van der Waals surface area contributed by atoms with Gasteiger partial charge < -0.3 is 15.5 Å². The quantitative estimate of drug-likeness (QED) is 0.662. The van der Waals surface area contributed by atoms with Gasteiger partial charge in [0.1, 0.15) is 0 Å². The minimum Gasteiger partial charge on any atom is -0.354 e. The smallest absolute Gasteiger partial charge is 0.229 e. The zero-order valence-electron chi connectivity index (χ0n) is 17.3. The number of benzene rings is 1. The molecule has 3 heterocycles. The molecule has 0 saturated carbocycles. The summed E-state index contributed by atoms with van der Waals surface area (Å²) in [6.07, 6.45) is 5.17. The van der Waals surface area contributed by atoms with Crippen LogP contribution in [0.5, 0.6) is 0 Å². The van der Waals surface area contributed by atoms with E-state index in [1.807, 2.05) is 30.3 Å². The molecular formula is C23H24N6O2. The summed E-state index contributed by atoms with van der Waals surface area (Å²) >= 11 is 0. The van der Waals surface area contributed by atoms with Crippen LogP contribution in [0.2, 0.25) is 0 Å². The molecule has 0 aliphatic carbocycles. The average molecular weight is 416 g/mol. The Bertz CT molecular complexity index is 1060. The lowest BCUT2D eigenvalue weighted by Crippen LogP contribution is -2.41. The fourth-order valence-electron chi connectivity index (χ4n) is 3.69. The molecular weight excluding hydrogens is 392 g/mol.